The van der Waals surface area contributed by atoms with E-state index in [0.29, 0.717) is 5.92 Å². The molecule has 0 amide bonds. The van der Waals surface area contributed by atoms with E-state index in [1.807, 2.05) is 0 Å². The first-order valence-corrected chi connectivity index (χ1v) is 9.48. The summed E-state index contributed by atoms with van der Waals surface area (Å²) in [5.41, 5.74) is 0. The first-order chi connectivity index (χ1) is 9.15. The summed E-state index contributed by atoms with van der Waals surface area (Å²) < 4.78 is 7.27. The van der Waals surface area contributed by atoms with Gasteiger partial charge in [-0.15, -0.1) is 0 Å². The van der Waals surface area contributed by atoms with Crippen molar-refractivity contribution in [2.24, 2.45) is 11.8 Å². The Labute approximate surface area is 134 Å². The molecule has 0 N–H and O–H groups in total. The Balaban J connectivity index is 4.15. The Morgan fingerprint density at radius 1 is 0.947 bits per heavy atom. The fourth-order valence-corrected chi connectivity index (χ4v) is 3.22. The van der Waals surface area contributed by atoms with Crippen LogP contribution in [0, 0.1) is 11.8 Å². The fraction of sp³-hybridized carbons (Fsp3) is 0.941. The first-order valence-electron chi connectivity index (χ1n) is 8.32. The van der Waals surface area contributed by atoms with E-state index < -0.39 is 0 Å². The molecule has 0 aliphatic carbocycles. The number of hydrogen-bond donors (Lipinski definition) is 0. The van der Waals surface area contributed by atoms with Crippen LogP contribution in [-0.2, 0) is 4.74 Å². The van der Waals surface area contributed by atoms with Gasteiger partial charge < -0.3 is 0 Å². The van der Waals surface area contributed by atoms with E-state index in [1.165, 1.54) is 61.5 Å². The van der Waals surface area contributed by atoms with Gasteiger partial charge in [-0.1, -0.05) is 0 Å². The summed E-state index contributed by atoms with van der Waals surface area (Å²) in [4.78, 5) is 0. The standard InChI is InChI=1S/C17H34OTe/c1-5-8-11-15(4)14-16(12-9-6-2)17(19)18-13-10-7-3/h15-16H,5-14H2,1-4H3. The van der Waals surface area contributed by atoms with Gasteiger partial charge in [-0.05, 0) is 0 Å². The van der Waals surface area contributed by atoms with Crippen molar-refractivity contribution >= 4 is 25.6 Å². The van der Waals surface area contributed by atoms with E-state index >= 15 is 0 Å². The maximum absolute atomic E-state index is 5.97. The molecule has 114 valence electrons. The topological polar surface area (TPSA) is 9.23 Å². The van der Waals surface area contributed by atoms with Gasteiger partial charge in [0, 0.05) is 0 Å². The van der Waals surface area contributed by atoms with Crippen molar-refractivity contribution in [3.63, 3.8) is 0 Å². The summed E-state index contributed by atoms with van der Waals surface area (Å²) in [6.45, 7) is 10.1. The summed E-state index contributed by atoms with van der Waals surface area (Å²) in [6.07, 6.45) is 11.7. The van der Waals surface area contributed by atoms with Crippen LogP contribution in [0.2, 0.25) is 0 Å². The zero-order valence-corrected chi connectivity index (χ0v) is 15.9. The Morgan fingerprint density at radius 3 is 2.11 bits per heavy atom. The average Bonchev–Trinajstić information content (AvgIpc) is 2.41. The van der Waals surface area contributed by atoms with Gasteiger partial charge >= 0.3 is 134 Å². The summed E-state index contributed by atoms with van der Waals surface area (Å²) in [5, 5.41) is 0. The molecule has 0 aromatic heterocycles. The zero-order valence-electron chi connectivity index (χ0n) is 13.5. The minimum atomic E-state index is 0.688. The van der Waals surface area contributed by atoms with Crippen molar-refractivity contribution in [2.75, 3.05) is 6.61 Å². The van der Waals surface area contributed by atoms with Crippen LogP contribution < -0.4 is 0 Å². The van der Waals surface area contributed by atoms with Crippen molar-refractivity contribution < 1.29 is 4.74 Å². The summed E-state index contributed by atoms with van der Waals surface area (Å²) >= 11 is 2.13. The molecule has 0 heterocycles. The molecule has 0 spiro atoms. The SMILES string of the molecule is CCCCOC(=[Te])C(CCCC)CC(C)CCCC. The molecular formula is C17H34OTe. The van der Waals surface area contributed by atoms with E-state index in [1.54, 1.807) is 0 Å². The van der Waals surface area contributed by atoms with E-state index in [0.717, 1.165) is 12.5 Å². The van der Waals surface area contributed by atoms with E-state index in [2.05, 4.69) is 49.5 Å². The van der Waals surface area contributed by atoms with Crippen LogP contribution in [0.15, 0.2) is 0 Å². The van der Waals surface area contributed by atoms with Gasteiger partial charge in [0.25, 0.3) is 0 Å². The van der Waals surface area contributed by atoms with Gasteiger partial charge in [-0.2, -0.15) is 0 Å². The molecule has 0 bridgehead atoms. The predicted octanol–water partition coefficient (Wildman–Crippen LogP) is 5.12. The zero-order chi connectivity index (χ0) is 14.5. The molecule has 2 heteroatoms. The van der Waals surface area contributed by atoms with E-state index in [4.69, 9.17) is 4.74 Å². The van der Waals surface area contributed by atoms with Gasteiger partial charge in [-0.3, -0.25) is 0 Å². The summed E-state index contributed by atoms with van der Waals surface area (Å²) in [6, 6.07) is 0. The van der Waals surface area contributed by atoms with Gasteiger partial charge in [-0.25, -0.2) is 0 Å². The Hall–Kier alpha value is 0.460. The third-order valence-corrected chi connectivity index (χ3v) is 5.01. The molecule has 0 aliphatic heterocycles. The van der Waals surface area contributed by atoms with Crippen LogP contribution in [0.3, 0.4) is 0 Å². The molecule has 0 saturated carbocycles. The van der Waals surface area contributed by atoms with Gasteiger partial charge in [0.15, 0.2) is 0 Å². The van der Waals surface area contributed by atoms with Crippen molar-refractivity contribution in [3.05, 3.63) is 0 Å². The minimum absolute atomic E-state index is 0.688. The molecule has 19 heavy (non-hydrogen) atoms. The summed E-state index contributed by atoms with van der Waals surface area (Å²) in [7, 11) is 0. The molecule has 1 nitrogen and oxygen atoms in total. The monoisotopic (exact) mass is 384 g/mol. The average molecular weight is 382 g/mol. The third-order valence-electron chi connectivity index (χ3n) is 3.72. The number of rotatable bonds is 13. The van der Waals surface area contributed by atoms with Crippen molar-refractivity contribution in [1.82, 2.24) is 0 Å². The molecule has 0 aromatic rings. The second kappa shape index (κ2) is 13.4. The molecule has 0 saturated heterocycles. The second-order valence-corrected chi connectivity index (χ2v) is 6.99. The Bertz CT molecular complexity index is 215. The van der Waals surface area contributed by atoms with Crippen molar-refractivity contribution in [1.29, 1.82) is 0 Å². The molecule has 0 aromatic carbocycles. The molecule has 0 fully saturated rings. The third kappa shape index (κ3) is 10.9. The number of unbranched alkanes of at least 4 members (excludes halogenated alkanes) is 3. The normalized spacial score (nSPS) is 14.1. The first kappa shape index (κ1) is 19.5. The Morgan fingerprint density at radius 2 is 1.53 bits per heavy atom. The maximum atomic E-state index is 5.97. The Kier molecular flexibility index (Phi) is 13.8. The quantitative estimate of drug-likeness (QED) is 0.317. The van der Waals surface area contributed by atoms with Gasteiger partial charge in [0.05, 0.1) is 0 Å². The van der Waals surface area contributed by atoms with Crippen LogP contribution in [0.1, 0.15) is 85.5 Å². The fourth-order valence-electron chi connectivity index (χ4n) is 2.37. The second-order valence-electron chi connectivity index (χ2n) is 5.84. The van der Waals surface area contributed by atoms with Crippen LogP contribution in [0.4, 0.5) is 0 Å². The van der Waals surface area contributed by atoms with Gasteiger partial charge in [0.1, 0.15) is 0 Å². The molecule has 2 unspecified atom stereocenters. The number of hydrogen-bond acceptors (Lipinski definition) is 1. The van der Waals surface area contributed by atoms with Crippen LogP contribution in [0.5, 0.6) is 0 Å². The predicted molar refractivity (Wildman–Crippen MR) is 87.9 cm³/mol. The molecule has 2 atom stereocenters. The molecular weight excluding hydrogens is 348 g/mol. The summed E-state index contributed by atoms with van der Waals surface area (Å²) in [5.74, 6) is 1.53. The van der Waals surface area contributed by atoms with Gasteiger partial charge in [0.2, 0.25) is 0 Å². The van der Waals surface area contributed by atoms with Crippen LogP contribution >= 0.6 is 0 Å². The van der Waals surface area contributed by atoms with Crippen molar-refractivity contribution in [2.45, 2.75) is 85.5 Å². The van der Waals surface area contributed by atoms with Crippen molar-refractivity contribution in [3.8, 4) is 0 Å². The van der Waals surface area contributed by atoms with E-state index in [-0.39, 0.29) is 0 Å². The molecule has 0 aliphatic rings. The van der Waals surface area contributed by atoms with E-state index in [9.17, 15) is 0 Å². The van der Waals surface area contributed by atoms with Crippen LogP contribution in [0.25, 0.3) is 0 Å². The van der Waals surface area contributed by atoms with Crippen LogP contribution in [-0.4, -0.2) is 32.2 Å². The number of ether oxygens (including phenoxy) is 1. The molecule has 0 radical (unpaired) electrons. The molecule has 0 rings (SSSR count).